The smallest absolute Gasteiger partial charge is 0.237 e. The average Bonchev–Trinajstić information content (AvgIpc) is 3.53. The van der Waals surface area contributed by atoms with E-state index in [1.165, 1.54) is 30.2 Å². The van der Waals surface area contributed by atoms with E-state index in [-0.39, 0.29) is 11.9 Å². The summed E-state index contributed by atoms with van der Waals surface area (Å²) in [6.07, 6.45) is 4.92. The summed E-state index contributed by atoms with van der Waals surface area (Å²) >= 11 is 1.45. The molecule has 0 spiro atoms. The number of carbonyl (C=O) groups is 1. The van der Waals surface area contributed by atoms with Crippen molar-refractivity contribution in [1.29, 1.82) is 0 Å². The van der Waals surface area contributed by atoms with Crippen LogP contribution in [-0.2, 0) is 17.8 Å². The molecular weight excluding hydrogens is 398 g/mol. The number of amides is 1. The highest BCUT2D eigenvalue weighted by Gasteiger charge is 2.31. The number of fused-ring (bicyclic) bond motifs is 1. The zero-order valence-corrected chi connectivity index (χ0v) is 17.8. The highest BCUT2D eigenvalue weighted by Crippen LogP contribution is 2.33. The predicted molar refractivity (Wildman–Crippen MR) is 117 cm³/mol. The first-order chi connectivity index (χ1) is 14.7. The molecule has 7 nitrogen and oxygen atoms in total. The predicted octanol–water partition coefficient (Wildman–Crippen LogP) is 3.59. The first-order valence-corrected chi connectivity index (χ1v) is 11.4. The van der Waals surface area contributed by atoms with Crippen molar-refractivity contribution in [1.82, 2.24) is 14.8 Å². The maximum Gasteiger partial charge on any atom is 0.237 e. The Morgan fingerprint density at radius 2 is 2.00 bits per heavy atom. The number of rotatable bonds is 6. The number of furan rings is 1. The van der Waals surface area contributed by atoms with Gasteiger partial charge in [0.15, 0.2) is 5.16 Å². The summed E-state index contributed by atoms with van der Waals surface area (Å²) in [7, 11) is 0. The minimum absolute atomic E-state index is 0.104. The van der Waals surface area contributed by atoms with Gasteiger partial charge in [-0.25, -0.2) is 0 Å². The Balaban J connectivity index is 1.35. The van der Waals surface area contributed by atoms with E-state index in [9.17, 15) is 4.79 Å². The lowest BCUT2D eigenvalue weighted by Gasteiger charge is -2.22. The van der Waals surface area contributed by atoms with Gasteiger partial charge in [-0.3, -0.25) is 9.36 Å². The first kappa shape index (κ1) is 19.2. The van der Waals surface area contributed by atoms with Crippen molar-refractivity contribution in [3.05, 3.63) is 54.0 Å². The van der Waals surface area contributed by atoms with Gasteiger partial charge in [0, 0.05) is 24.8 Å². The van der Waals surface area contributed by atoms with Crippen molar-refractivity contribution in [2.75, 3.05) is 28.6 Å². The first-order valence-electron chi connectivity index (χ1n) is 10.4. The van der Waals surface area contributed by atoms with Crippen LogP contribution in [0.3, 0.4) is 0 Å². The van der Waals surface area contributed by atoms with Crippen LogP contribution in [0.5, 0.6) is 0 Å². The topological polar surface area (TPSA) is 67.4 Å². The highest BCUT2D eigenvalue weighted by atomic mass is 32.2. The second-order valence-corrected chi connectivity index (χ2v) is 8.82. The van der Waals surface area contributed by atoms with Gasteiger partial charge >= 0.3 is 0 Å². The molecule has 0 radical (unpaired) electrons. The molecule has 1 fully saturated rings. The third kappa shape index (κ3) is 3.60. The number of anilines is 2. The quantitative estimate of drug-likeness (QED) is 0.565. The maximum atomic E-state index is 13.1. The monoisotopic (exact) mass is 423 g/mol. The van der Waals surface area contributed by atoms with E-state index in [4.69, 9.17) is 4.42 Å². The molecule has 1 atom stereocenters. The lowest BCUT2D eigenvalue weighted by Crippen LogP contribution is -2.37. The molecule has 0 N–H and O–H groups in total. The minimum Gasteiger partial charge on any atom is -0.467 e. The van der Waals surface area contributed by atoms with E-state index in [1.807, 2.05) is 35.2 Å². The van der Waals surface area contributed by atoms with E-state index >= 15 is 0 Å². The lowest BCUT2D eigenvalue weighted by molar-refractivity contribution is -0.116. The van der Waals surface area contributed by atoms with Gasteiger partial charge in [-0.05, 0) is 49.9 Å². The summed E-state index contributed by atoms with van der Waals surface area (Å²) in [4.78, 5) is 17.3. The molecule has 4 heterocycles. The molecule has 8 heteroatoms. The minimum atomic E-state index is 0.104. The van der Waals surface area contributed by atoms with E-state index in [1.54, 1.807) is 6.26 Å². The van der Waals surface area contributed by atoms with Crippen LogP contribution in [0.4, 0.5) is 11.6 Å². The third-order valence-electron chi connectivity index (χ3n) is 5.78. The third-order valence-corrected chi connectivity index (χ3v) is 6.73. The molecule has 0 bridgehead atoms. The van der Waals surface area contributed by atoms with E-state index < -0.39 is 0 Å². The SMILES string of the molecule is C[C@H]1Cc2ccccc2N1C(=O)CSc1nnc(N2CCCC2)n1Cc1ccco1. The molecule has 0 aliphatic carbocycles. The molecule has 2 aliphatic rings. The molecule has 0 unspecified atom stereocenters. The zero-order valence-electron chi connectivity index (χ0n) is 17.0. The van der Waals surface area contributed by atoms with Crippen LogP contribution in [0.25, 0.3) is 0 Å². The van der Waals surface area contributed by atoms with Gasteiger partial charge in [0.25, 0.3) is 0 Å². The number of thioether (sulfide) groups is 1. The Hall–Kier alpha value is -2.74. The largest absolute Gasteiger partial charge is 0.467 e. The van der Waals surface area contributed by atoms with Gasteiger partial charge in [-0.1, -0.05) is 30.0 Å². The summed E-state index contributed by atoms with van der Waals surface area (Å²) < 4.78 is 7.63. The van der Waals surface area contributed by atoms with Crippen LogP contribution in [0.1, 0.15) is 31.1 Å². The number of carbonyl (C=O) groups excluding carboxylic acids is 1. The summed E-state index contributed by atoms with van der Waals surface area (Å²) in [5.41, 5.74) is 2.27. The molecule has 156 valence electrons. The average molecular weight is 424 g/mol. The number of hydrogen-bond acceptors (Lipinski definition) is 6. The summed E-state index contributed by atoms with van der Waals surface area (Å²) in [5, 5.41) is 9.63. The number of nitrogens with zero attached hydrogens (tertiary/aromatic N) is 5. The van der Waals surface area contributed by atoms with Crippen molar-refractivity contribution < 1.29 is 9.21 Å². The van der Waals surface area contributed by atoms with E-state index in [0.29, 0.717) is 12.3 Å². The van der Waals surface area contributed by atoms with Crippen LogP contribution in [0.15, 0.2) is 52.2 Å². The van der Waals surface area contributed by atoms with Crippen LogP contribution >= 0.6 is 11.8 Å². The zero-order chi connectivity index (χ0) is 20.5. The Morgan fingerprint density at radius 1 is 1.17 bits per heavy atom. The molecule has 1 saturated heterocycles. The molecular formula is C22H25N5O2S. The number of benzene rings is 1. The fourth-order valence-electron chi connectivity index (χ4n) is 4.38. The fraction of sp³-hybridized carbons (Fsp3) is 0.409. The van der Waals surface area contributed by atoms with Gasteiger partial charge in [-0.15, -0.1) is 10.2 Å². The molecule has 0 saturated carbocycles. The van der Waals surface area contributed by atoms with E-state index in [2.05, 4.69) is 32.7 Å². The molecule has 30 heavy (non-hydrogen) atoms. The van der Waals surface area contributed by atoms with Crippen LogP contribution in [-0.4, -0.2) is 45.6 Å². The summed E-state index contributed by atoms with van der Waals surface area (Å²) in [6, 6.07) is 12.2. The number of hydrogen-bond donors (Lipinski definition) is 0. The Labute approximate surface area is 180 Å². The lowest BCUT2D eigenvalue weighted by atomic mass is 10.1. The second-order valence-electron chi connectivity index (χ2n) is 7.88. The van der Waals surface area contributed by atoms with Crippen molar-refractivity contribution in [3.8, 4) is 0 Å². The Bertz CT molecular complexity index is 1030. The van der Waals surface area contributed by atoms with Crippen LogP contribution in [0.2, 0.25) is 0 Å². The maximum absolute atomic E-state index is 13.1. The molecule has 1 aromatic carbocycles. The van der Waals surface area contributed by atoms with Gasteiger partial charge < -0.3 is 14.2 Å². The van der Waals surface area contributed by atoms with Gasteiger partial charge in [-0.2, -0.15) is 0 Å². The fourth-order valence-corrected chi connectivity index (χ4v) is 5.17. The number of para-hydroxylation sites is 1. The van der Waals surface area contributed by atoms with Crippen molar-refractivity contribution in [2.24, 2.45) is 0 Å². The number of aromatic nitrogens is 3. The van der Waals surface area contributed by atoms with Gasteiger partial charge in [0.05, 0.1) is 18.6 Å². The Kier molecular flexibility index (Phi) is 5.25. The van der Waals surface area contributed by atoms with Crippen LogP contribution in [0, 0.1) is 0 Å². The van der Waals surface area contributed by atoms with Crippen molar-refractivity contribution >= 4 is 29.3 Å². The van der Waals surface area contributed by atoms with E-state index in [0.717, 1.165) is 42.1 Å². The van der Waals surface area contributed by atoms with Gasteiger partial charge in [0.2, 0.25) is 11.9 Å². The molecule has 5 rings (SSSR count). The Morgan fingerprint density at radius 3 is 2.80 bits per heavy atom. The van der Waals surface area contributed by atoms with Crippen molar-refractivity contribution in [2.45, 2.75) is 43.9 Å². The summed E-state index contributed by atoms with van der Waals surface area (Å²) in [6.45, 7) is 4.64. The molecule has 2 aliphatic heterocycles. The second kappa shape index (κ2) is 8.18. The standard InChI is InChI=1S/C22H25N5O2S/c1-16-13-17-7-2-3-9-19(17)27(16)20(28)15-30-22-24-23-21(25-10-4-5-11-25)26(22)14-18-8-6-12-29-18/h2-3,6-9,12,16H,4-5,10-11,13-15H2,1H3/t16-/m0/s1. The van der Waals surface area contributed by atoms with Crippen LogP contribution < -0.4 is 9.80 Å². The molecule has 3 aromatic rings. The molecule has 2 aromatic heterocycles. The molecule has 1 amide bonds. The highest BCUT2D eigenvalue weighted by molar-refractivity contribution is 7.99. The summed E-state index contributed by atoms with van der Waals surface area (Å²) in [5.74, 6) is 2.14. The normalized spacial score (nSPS) is 18.2. The van der Waals surface area contributed by atoms with Crippen molar-refractivity contribution in [3.63, 3.8) is 0 Å². The van der Waals surface area contributed by atoms with Gasteiger partial charge in [0.1, 0.15) is 5.76 Å².